The normalized spacial score (nSPS) is 22.1. The third-order valence-electron chi connectivity index (χ3n) is 4.23. The number of piperidine rings is 1. The molecule has 2 fully saturated rings. The zero-order chi connectivity index (χ0) is 14.6. The smallest absolute Gasteiger partial charge is 0.323 e. The Kier molecular flexibility index (Phi) is 4.61. The van der Waals surface area contributed by atoms with E-state index in [2.05, 4.69) is 17.1 Å². The molecule has 2 aliphatic rings. The summed E-state index contributed by atoms with van der Waals surface area (Å²) in [5.41, 5.74) is -0.713. The minimum absolute atomic E-state index is 0.145. The van der Waals surface area contributed by atoms with Crippen LogP contribution >= 0.6 is 0 Å². The molecule has 0 unspecified atom stereocenters. The molecule has 2 saturated heterocycles. The number of amides is 3. The Morgan fingerprint density at radius 1 is 1.30 bits per heavy atom. The largest absolute Gasteiger partial charge is 0.325 e. The number of nitrogens with zero attached hydrogens (tertiary/aromatic N) is 3. The quantitative estimate of drug-likeness (QED) is 0.764. The van der Waals surface area contributed by atoms with E-state index in [1.807, 2.05) is 6.07 Å². The van der Waals surface area contributed by atoms with Gasteiger partial charge in [-0.2, -0.15) is 5.26 Å². The number of nitrogens with one attached hydrogen (secondary N) is 1. The summed E-state index contributed by atoms with van der Waals surface area (Å²) < 4.78 is 0. The summed E-state index contributed by atoms with van der Waals surface area (Å²) in [4.78, 5) is 27.9. The maximum atomic E-state index is 12.4. The minimum Gasteiger partial charge on any atom is -0.323 e. The van der Waals surface area contributed by atoms with Crippen LogP contribution in [0.1, 0.15) is 39.0 Å². The molecule has 0 aromatic heterocycles. The van der Waals surface area contributed by atoms with Crippen LogP contribution in [0.3, 0.4) is 0 Å². The second-order valence-electron chi connectivity index (χ2n) is 5.57. The van der Waals surface area contributed by atoms with Crippen LogP contribution in [0.2, 0.25) is 0 Å². The maximum absolute atomic E-state index is 12.4. The first kappa shape index (κ1) is 14.8. The Labute approximate surface area is 119 Å². The number of urea groups is 1. The Bertz CT molecular complexity index is 421. The van der Waals surface area contributed by atoms with E-state index in [0.29, 0.717) is 12.8 Å². The van der Waals surface area contributed by atoms with Gasteiger partial charge < -0.3 is 10.2 Å². The van der Waals surface area contributed by atoms with Gasteiger partial charge in [-0.3, -0.25) is 9.69 Å². The van der Waals surface area contributed by atoms with Gasteiger partial charge in [0.2, 0.25) is 0 Å². The van der Waals surface area contributed by atoms with Crippen molar-refractivity contribution in [3.05, 3.63) is 0 Å². The summed E-state index contributed by atoms with van der Waals surface area (Å²) in [5.74, 6) is -0.145. The fourth-order valence-electron chi connectivity index (χ4n) is 2.92. The van der Waals surface area contributed by atoms with Crippen molar-refractivity contribution in [1.82, 2.24) is 15.1 Å². The van der Waals surface area contributed by atoms with Crippen molar-refractivity contribution < 1.29 is 9.59 Å². The minimum atomic E-state index is -0.713. The van der Waals surface area contributed by atoms with E-state index in [0.717, 1.165) is 19.6 Å². The standard InChI is InChI=1S/C14H22N4O2/c1-2-3-8-17-10-5-14(6-11-17)12(19)18(9-4-7-15)13(20)16-14/h2-6,8-11H2,1H3,(H,16,20). The van der Waals surface area contributed by atoms with Crippen LogP contribution in [-0.2, 0) is 4.79 Å². The number of rotatable bonds is 5. The molecule has 0 aliphatic carbocycles. The van der Waals surface area contributed by atoms with E-state index < -0.39 is 5.54 Å². The Hall–Kier alpha value is -1.61. The number of likely N-dealkylation sites (tertiary alicyclic amines) is 1. The van der Waals surface area contributed by atoms with Gasteiger partial charge in [-0.1, -0.05) is 13.3 Å². The summed E-state index contributed by atoms with van der Waals surface area (Å²) in [6, 6.07) is 1.63. The van der Waals surface area contributed by atoms with Crippen molar-refractivity contribution in [3.8, 4) is 6.07 Å². The molecule has 0 aromatic carbocycles. The van der Waals surface area contributed by atoms with E-state index in [9.17, 15) is 9.59 Å². The van der Waals surface area contributed by atoms with Crippen LogP contribution in [-0.4, -0.2) is 53.5 Å². The molecular formula is C14H22N4O2. The van der Waals surface area contributed by atoms with Gasteiger partial charge in [0.25, 0.3) is 5.91 Å². The fraction of sp³-hybridized carbons (Fsp3) is 0.786. The molecule has 0 radical (unpaired) electrons. The summed E-state index contributed by atoms with van der Waals surface area (Å²) in [6.07, 6.45) is 3.87. The van der Waals surface area contributed by atoms with Crippen molar-refractivity contribution in [1.29, 1.82) is 5.26 Å². The molecule has 1 N–H and O–H groups in total. The summed E-state index contributed by atoms with van der Waals surface area (Å²) in [5, 5.41) is 11.4. The van der Waals surface area contributed by atoms with Crippen LogP contribution in [0.4, 0.5) is 4.79 Å². The van der Waals surface area contributed by atoms with Crippen LogP contribution in [0.25, 0.3) is 0 Å². The molecule has 6 nitrogen and oxygen atoms in total. The Morgan fingerprint density at radius 2 is 2.00 bits per heavy atom. The first-order valence-electron chi connectivity index (χ1n) is 7.36. The molecule has 110 valence electrons. The van der Waals surface area contributed by atoms with Crippen molar-refractivity contribution in [2.24, 2.45) is 0 Å². The highest BCUT2D eigenvalue weighted by Crippen LogP contribution is 2.29. The zero-order valence-electron chi connectivity index (χ0n) is 12.0. The van der Waals surface area contributed by atoms with Crippen LogP contribution in [0.15, 0.2) is 0 Å². The van der Waals surface area contributed by atoms with Gasteiger partial charge in [-0.05, 0) is 25.8 Å². The average Bonchev–Trinajstić information content (AvgIpc) is 2.68. The SMILES string of the molecule is CCCCN1CCC2(CC1)NC(=O)N(CCC#N)C2=O. The van der Waals surface area contributed by atoms with Crippen molar-refractivity contribution in [2.75, 3.05) is 26.2 Å². The lowest BCUT2D eigenvalue weighted by Crippen LogP contribution is -2.55. The lowest BCUT2D eigenvalue weighted by Gasteiger charge is -2.37. The molecule has 2 rings (SSSR count). The van der Waals surface area contributed by atoms with Gasteiger partial charge in [0, 0.05) is 19.6 Å². The number of carbonyl (C=O) groups is 2. The van der Waals surface area contributed by atoms with E-state index in [1.165, 1.54) is 17.7 Å². The molecule has 20 heavy (non-hydrogen) atoms. The van der Waals surface area contributed by atoms with E-state index >= 15 is 0 Å². The maximum Gasteiger partial charge on any atom is 0.325 e. The van der Waals surface area contributed by atoms with Crippen molar-refractivity contribution in [2.45, 2.75) is 44.6 Å². The molecule has 2 heterocycles. The van der Waals surface area contributed by atoms with Crippen LogP contribution in [0.5, 0.6) is 0 Å². The first-order valence-corrected chi connectivity index (χ1v) is 7.36. The molecule has 1 spiro atoms. The predicted octanol–water partition coefficient (Wildman–Crippen LogP) is 1.09. The molecule has 0 aromatic rings. The summed E-state index contributed by atoms with van der Waals surface area (Å²) in [7, 11) is 0. The van der Waals surface area contributed by atoms with E-state index in [1.54, 1.807) is 0 Å². The third-order valence-corrected chi connectivity index (χ3v) is 4.23. The molecule has 2 aliphatic heterocycles. The second kappa shape index (κ2) is 6.23. The monoisotopic (exact) mass is 278 g/mol. The van der Waals surface area contributed by atoms with Crippen molar-refractivity contribution >= 4 is 11.9 Å². The first-order chi connectivity index (χ1) is 9.63. The van der Waals surface area contributed by atoms with Gasteiger partial charge in [0.1, 0.15) is 5.54 Å². The lowest BCUT2D eigenvalue weighted by molar-refractivity contribution is -0.132. The molecular weight excluding hydrogens is 256 g/mol. The Balaban J connectivity index is 1.95. The van der Waals surface area contributed by atoms with Gasteiger partial charge >= 0.3 is 6.03 Å². The molecule has 6 heteroatoms. The molecule has 0 bridgehead atoms. The van der Waals surface area contributed by atoms with Gasteiger partial charge in [0.15, 0.2) is 0 Å². The van der Waals surface area contributed by atoms with Crippen LogP contribution < -0.4 is 5.32 Å². The van der Waals surface area contributed by atoms with Gasteiger partial charge in [-0.25, -0.2) is 4.79 Å². The highest BCUT2D eigenvalue weighted by molar-refractivity contribution is 6.07. The third kappa shape index (κ3) is 2.78. The second-order valence-corrected chi connectivity index (χ2v) is 5.57. The number of carbonyl (C=O) groups excluding carboxylic acids is 2. The lowest BCUT2D eigenvalue weighted by atomic mass is 9.87. The van der Waals surface area contributed by atoms with Crippen molar-refractivity contribution in [3.63, 3.8) is 0 Å². The van der Waals surface area contributed by atoms with Crippen LogP contribution in [0, 0.1) is 11.3 Å². The number of unbranched alkanes of at least 4 members (excludes halogenated alkanes) is 1. The number of hydrogen-bond donors (Lipinski definition) is 1. The van der Waals surface area contributed by atoms with Gasteiger partial charge in [0.05, 0.1) is 12.5 Å². The summed E-state index contributed by atoms with van der Waals surface area (Å²) >= 11 is 0. The Morgan fingerprint density at radius 3 is 2.60 bits per heavy atom. The predicted molar refractivity (Wildman–Crippen MR) is 73.8 cm³/mol. The van der Waals surface area contributed by atoms with Gasteiger partial charge in [-0.15, -0.1) is 0 Å². The number of hydrogen-bond acceptors (Lipinski definition) is 4. The number of nitriles is 1. The highest BCUT2D eigenvalue weighted by atomic mass is 16.2. The highest BCUT2D eigenvalue weighted by Gasteiger charge is 2.51. The topological polar surface area (TPSA) is 76.4 Å². The average molecular weight is 278 g/mol. The van der Waals surface area contributed by atoms with E-state index in [-0.39, 0.29) is 24.9 Å². The molecule has 0 saturated carbocycles. The fourth-order valence-corrected chi connectivity index (χ4v) is 2.92. The van der Waals surface area contributed by atoms with E-state index in [4.69, 9.17) is 5.26 Å². The molecule has 3 amide bonds. The number of imide groups is 1. The molecule has 0 atom stereocenters. The zero-order valence-corrected chi connectivity index (χ0v) is 12.0. The summed E-state index contributed by atoms with van der Waals surface area (Å²) in [6.45, 7) is 5.12.